The summed E-state index contributed by atoms with van der Waals surface area (Å²) in [5.74, 6) is 1.75. The van der Waals surface area contributed by atoms with E-state index in [-0.39, 0.29) is 81.3 Å². The number of hydrogen-bond donors (Lipinski definition) is 3. The van der Waals surface area contributed by atoms with Gasteiger partial charge in [0.1, 0.15) is 0 Å². The number of aliphatic hydroxyl groups excluding tert-OH is 1. The van der Waals surface area contributed by atoms with E-state index in [1.165, 1.54) is 11.1 Å². The van der Waals surface area contributed by atoms with Crippen LogP contribution in [-0.4, -0.2) is 97.0 Å². The van der Waals surface area contributed by atoms with Gasteiger partial charge in [0.2, 0.25) is 5.89 Å². The molecule has 0 atom stereocenters. The zero-order chi connectivity index (χ0) is 44.9. The Morgan fingerprint density at radius 2 is 1.22 bits per heavy atom. The predicted molar refractivity (Wildman–Crippen MR) is 239 cm³/mol. The number of carbonyl (C=O) groups excluding carboxylic acids is 2. The van der Waals surface area contributed by atoms with Crippen LogP contribution < -0.4 is 61.9 Å². The molecule has 4 heterocycles. The van der Waals surface area contributed by atoms with Gasteiger partial charge < -0.3 is 35.3 Å². The Kier molecular flexibility index (Phi) is 20.0. The molecule has 65 heavy (non-hydrogen) atoms. The molecule has 2 aliphatic rings. The van der Waals surface area contributed by atoms with Crippen molar-refractivity contribution in [3.63, 3.8) is 0 Å². The molecule has 2 saturated heterocycles. The number of aryl methyl sites for hydroxylation is 2. The molecule has 2 aromatic heterocycles. The summed E-state index contributed by atoms with van der Waals surface area (Å²) in [5, 5.41) is 40.1. The summed E-state index contributed by atoms with van der Waals surface area (Å²) in [4.78, 5) is 34.3. The van der Waals surface area contributed by atoms with Crippen molar-refractivity contribution in [3.8, 4) is 41.0 Å². The predicted octanol–water partition coefficient (Wildman–Crippen LogP) is 4.41. The van der Waals surface area contributed by atoms with E-state index in [1.54, 1.807) is 13.0 Å². The number of benzene rings is 4. The second-order valence-corrected chi connectivity index (χ2v) is 15.3. The minimum Gasteiger partial charge on any atom is -0.870 e. The molecule has 2 fully saturated rings. The zero-order valence-electron chi connectivity index (χ0n) is 37.5. The summed E-state index contributed by atoms with van der Waals surface area (Å²) in [6.07, 6.45) is 3.62. The van der Waals surface area contributed by atoms with E-state index >= 15 is 0 Å². The van der Waals surface area contributed by atoms with Gasteiger partial charge >= 0.3 is 63.4 Å². The van der Waals surface area contributed by atoms with Crippen LogP contribution in [0.15, 0.2) is 89.3 Å². The summed E-state index contributed by atoms with van der Waals surface area (Å²) in [6.45, 7) is 11.0. The number of ether oxygens (including phenoxy) is 1. The van der Waals surface area contributed by atoms with Gasteiger partial charge in [-0.2, -0.15) is 15.5 Å². The molecule has 0 aliphatic carbocycles. The maximum absolute atomic E-state index is 13.1. The standard InChI is InChI=1S/C24H25N5O2.C22H21N5O2.C2H6O.K.H2O/c1-3-31-24-26-22(27-28-24)21-14-20(7-4-16(21)2)23(30)29-12-10-19(11-13-29)18-8-5-17(15-25)6-9-18;1-14-2-5-18(12-19(14)20-25-26-22(24)29-20)21(28)27-10-8-17(9-11-27)16-6-3-15(13-23)4-7-16;1-2-3;;/h4-9,14,19H,3,10-13H2,1-2H3,(H,26,27,28);2-7,12,17H,8-11H2,1H3,(H2,24,26);3H,2H2,1H3;;1H2/q;;;+1;/p-1. The maximum Gasteiger partial charge on any atom is 1.00 e. The van der Waals surface area contributed by atoms with Gasteiger partial charge in [0.05, 0.1) is 29.9 Å². The van der Waals surface area contributed by atoms with Gasteiger partial charge in [-0.25, -0.2) is 0 Å². The normalized spacial score (nSPS) is 13.6. The first-order valence-electron chi connectivity index (χ1n) is 21.1. The molecular weight excluding hydrogens is 852 g/mol. The van der Waals surface area contributed by atoms with Crippen LogP contribution in [0.3, 0.4) is 0 Å². The van der Waals surface area contributed by atoms with Gasteiger partial charge in [-0.15, -0.1) is 10.2 Å². The molecule has 5 N–H and O–H groups in total. The third-order valence-electron chi connectivity index (χ3n) is 11.2. The molecular formula is C48H53KN10O6. The molecule has 332 valence electrons. The van der Waals surface area contributed by atoms with Crippen LogP contribution in [0.4, 0.5) is 6.01 Å². The number of aromatic nitrogens is 5. The molecule has 0 saturated carbocycles. The number of nitrogens with two attached hydrogens (primary N) is 1. The van der Waals surface area contributed by atoms with Gasteiger partial charge in [0.15, 0.2) is 5.82 Å². The number of anilines is 1. The van der Waals surface area contributed by atoms with Gasteiger partial charge in [-0.3, -0.25) is 14.7 Å². The molecule has 2 amide bonds. The van der Waals surface area contributed by atoms with Crippen LogP contribution in [0.1, 0.15) is 105 Å². The Labute approximate surface area is 421 Å². The Morgan fingerprint density at radius 1 is 0.769 bits per heavy atom. The number of nitrogen functional groups attached to an aromatic ring is 1. The first-order valence-corrected chi connectivity index (χ1v) is 21.1. The quantitative estimate of drug-likeness (QED) is 0.179. The fourth-order valence-corrected chi connectivity index (χ4v) is 7.76. The summed E-state index contributed by atoms with van der Waals surface area (Å²) < 4.78 is 10.7. The molecule has 0 unspecified atom stereocenters. The Bertz CT molecular complexity index is 2570. The maximum atomic E-state index is 13.1. The van der Waals surface area contributed by atoms with E-state index in [9.17, 15) is 9.59 Å². The molecule has 8 rings (SSSR count). The third-order valence-corrected chi connectivity index (χ3v) is 11.2. The van der Waals surface area contributed by atoms with Crippen molar-refractivity contribution in [2.45, 2.75) is 65.2 Å². The van der Waals surface area contributed by atoms with E-state index < -0.39 is 0 Å². The number of H-pyrrole nitrogens is 1. The van der Waals surface area contributed by atoms with E-state index in [0.717, 1.165) is 42.4 Å². The zero-order valence-corrected chi connectivity index (χ0v) is 40.6. The SMILES string of the molecule is CCO.CCOc1n[nH]c(-c2cc(C(=O)N3CCC(c4ccc(C#N)cc4)CC3)ccc2C)n1.Cc1ccc(C(=O)N2CCC(c3ccc(C#N)cc3)CC2)cc1-c1nnc(N)o1.[K+].[OH-]. The first-order chi connectivity index (χ1) is 30.5. The van der Waals surface area contributed by atoms with E-state index in [2.05, 4.69) is 37.5 Å². The van der Waals surface area contributed by atoms with Crippen molar-refractivity contribution < 1.29 is 80.7 Å². The van der Waals surface area contributed by atoms with Crippen molar-refractivity contribution >= 4 is 17.8 Å². The number of amides is 2. The molecule has 0 radical (unpaired) electrons. The monoisotopic (exact) mass is 904 g/mol. The Balaban J connectivity index is 0.000000261. The summed E-state index contributed by atoms with van der Waals surface area (Å²) in [6, 6.07) is 31.3. The molecule has 2 aliphatic heterocycles. The molecule has 0 spiro atoms. The summed E-state index contributed by atoms with van der Waals surface area (Å²) >= 11 is 0. The van der Waals surface area contributed by atoms with Crippen LogP contribution in [0, 0.1) is 36.5 Å². The van der Waals surface area contributed by atoms with Gasteiger partial charge in [0, 0.05) is 55.0 Å². The van der Waals surface area contributed by atoms with Crippen molar-refractivity contribution in [3.05, 3.63) is 129 Å². The molecule has 17 heteroatoms. The molecule has 16 nitrogen and oxygen atoms in total. The number of aliphatic hydroxyl groups is 1. The topological polar surface area (TPSA) is 254 Å². The minimum atomic E-state index is -0.00276. The van der Waals surface area contributed by atoms with E-state index in [4.69, 9.17) is 30.5 Å². The van der Waals surface area contributed by atoms with E-state index in [0.29, 0.717) is 90.2 Å². The van der Waals surface area contributed by atoms with Crippen molar-refractivity contribution in [2.24, 2.45) is 0 Å². The van der Waals surface area contributed by atoms with E-state index in [1.807, 2.05) is 109 Å². The fourth-order valence-electron chi connectivity index (χ4n) is 7.76. The van der Waals surface area contributed by atoms with Crippen molar-refractivity contribution in [1.82, 2.24) is 35.2 Å². The van der Waals surface area contributed by atoms with Crippen molar-refractivity contribution in [2.75, 3.05) is 45.1 Å². The third kappa shape index (κ3) is 13.4. The van der Waals surface area contributed by atoms with Crippen molar-refractivity contribution in [1.29, 1.82) is 10.5 Å². The average molecular weight is 905 g/mol. The van der Waals surface area contributed by atoms with Gasteiger partial charge in [-0.05, 0) is 136 Å². The fraction of sp³-hybridized carbons (Fsp3) is 0.333. The number of hydrogen-bond acceptors (Lipinski definition) is 13. The number of piperidine rings is 2. The largest absolute Gasteiger partial charge is 1.00 e. The smallest absolute Gasteiger partial charge is 0.870 e. The average Bonchev–Trinajstić information content (AvgIpc) is 3.98. The second kappa shape index (κ2) is 25.1. The number of rotatable bonds is 8. The molecule has 6 aromatic rings. The summed E-state index contributed by atoms with van der Waals surface area (Å²) in [5.41, 5.74) is 14.1. The van der Waals surface area contributed by atoms with Crippen LogP contribution in [-0.2, 0) is 0 Å². The van der Waals surface area contributed by atoms with Crippen LogP contribution in [0.25, 0.3) is 22.8 Å². The van der Waals surface area contributed by atoms with Gasteiger partial charge in [0.25, 0.3) is 11.8 Å². The number of nitriles is 2. The number of carbonyl (C=O) groups is 2. The number of aromatic amines is 1. The number of nitrogens with zero attached hydrogens (tertiary/aromatic N) is 8. The number of likely N-dealkylation sites (tertiary alicyclic amines) is 2. The van der Waals surface area contributed by atoms with Crippen LogP contribution in [0.5, 0.6) is 6.01 Å². The van der Waals surface area contributed by atoms with Crippen LogP contribution >= 0.6 is 0 Å². The Morgan fingerprint density at radius 3 is 1.63 bits per heavy atom. The molecule has 0 bridgehead atoms. The Hall–Kier alpha value is -5.76. The number of nitrogens with one attached hydrogen (secondary N) is 1. The van der Waals surface area contributed by atoms with Crippen LogP contribution in [0.2, 0.25) is 0 Å². The molecule has 4 aromatic carbocycles. The minimum absolute atomic E-state index is 0. The first kappa shape index (κ1) is 51.9. The van der Waals surface area contributed by atoms with Gasteiger partial charge in [-0.1, -0.05) is 41.5 Å². The summed E-state index contributed by atoms with van der Waals surface area (Å²) in [7, 11) is 0. The second-order valence-electron chi connectivity index (χ2n) is 15.3.